The fourth-order valence-electron chi connectivity index (χ4n) is 2.41. The van der Waals surface area contributed by atoms with Crippen LogP contribution in [0, 0.1) is 21.4 Å². The molecule has 1 aliphatic rings. The molecular formula is C14H14ClN3O4. The second-order valence-electron chi connectivity index (χ2n) is 5.11. The van der Waals surface area contributed by atoms with Gasteiger partial charge in [-0.3, -0.25) is 14.9 Å². The first-order valence-corrected chi connectivity index (χ1v) is 7.12. The smallest absolute Gasteiger partial charge is 0.271 e. The van der Waals surface area contributed by atoms with Crippen molar-refractivity contribution in [2.24, 2.45) is 0 Å². The number of benzene rings is 1. The van der Waals surface area contributed by atoms with Crippen LogP contribution < -0.4 is 10.1 Å². The Morgan fingerprint density at radius 3 is 2.73 bits per heavy atom. The average Bonchev–Trinajstić information content (AvgIpc) is 2.94. The topological polar surface area (TPSA) is 105 Å². The number of nitrogens with zero attached hydrogens (tertiary/aromatic N) is 2. The van der Waals surface area contributed by atoms with Crippen molar-refractivity contribution in [2.75, 3.05) is 6.61 Å². The second-order valence-corrected chi connectivity index (χ2v) is 5.52. The Morgan fingerprint density at radius 2 is 2.18 bits per heavy atom. The van der Waals surface area contributed by atoms with Gasteiger partial charge in [-0.2, -0.15) is 5.26 Å². The van der Waals surface area contributed by atoms with Gasteiger partial charge in [0.05, 0.1) is 16.0 Å². The Morgan fingerprint density at radius 1 is 1.50 bits per heavy atom. The molecule has 0 aliphatic heterocycles. The molecule has 8 heteroatoms. The maximum atomic E-state index is 11.9. The van der Waals surface area contributed by atoms with Crippen molar-refractivity contribution in [3.05, 3.63) is 33.3 Å². The Labute approximate surface area is 132 Å². The Kier molecular flexibility index (Phi) is 4.83. The van der Waals surface area contributed by atoms with Crippen molar-refractivity contribution in [2.45, 2.75) is 31.2 Å². The van der Waals surface area contributed by atoms with Crippen LogP contribution in [0.4, 0.5) is 5.69 Å². The second kappa shape index (κ2) is 6.62. The molecule has 0 saturated heterocycles. The predicted octanol–water partition coefficient (Wildman–Crippen LogP) is 2.58. The van der Waals surface area contributed by atoms with Crippen molar-refractivity contribution in [1.29, 1.82) is 5.26 Å². The van der Waals surface area contributed by atoms with E-state index in [1.165, 1.54) is 12.1 Å². The molecule has 0 spiro atoms. The first-order chi connectivity index (χ1) is 10.5. The van der Waals surface area contributed by atoms with Crippen LogP contribution >= 0.6 is 11.6 Å². The van der Waals surface area contributed by atoms with Gasteiger partial charge in [-0.15, -0.1) is 0 Å². The summed E-state index contributed by atoms with van der Waals surface area (Å²) in [7, 11) is 0. The molecule has 1 fully saturated rings. The number of rotatable bonds is 5. The van der Waals surface area contributed by atoms with Crippen LogP contribution in [0.1, 0.15) is 25.7 Å². The van der Waals surface area contributed by atoms with E-state index in [4.69, 9.17) is 16.3 Å². The number of amides is 1. The van der Waals surface area contributed by atoms with Gasteiger partial charge >= 0.3 is 0 Å². The summed E-state index contributed by atoms with van der Waals surface area (Å²) < 4.78 is 5.26. The van der Waals surface area contributed by atoms with Crippen LogP contribution in [0.5, 0.6) is 5.75 Å². The molecule has 1 aromatic rings. The van der Waals surface area contributed by atoms with E-state index in [1.54, 1.807) is 0 Å². The fraction of sp³-hybridized carbons (Fsp3) is 0.429. The molecule has 1 aromatic carbocycles. The molecule has 2 rings (SSSR count). The SMILES string of the molecule is N#CC1(NC(=O)COc2ccc([N+](=O)[O-])cc2Cl)CCCC1. The Balaban J connectivity index is 1.94. The number of ether oxygens (including phenoxy) is 1. The molecule has 0 heterocycles. The number of nitriles is 1. The van der Waals surface area contributed by atoms with Crippen LogP contribution in [0.25, 0.3) is 0 Å². The number of carbonyl (C=O) groups is 1. The molecular weight excluding hydrogens is 310 g/mol. The van der Waals surface area contributed by atoms with E-state index in [1.807, 2.05) is 0 Å². The summed E-state index contributed by atoms with van der Waals surface area (Å²) in [5, 5.41) is 22.5. The summed E-state index contributed by atoms with van der Waals surface area (Å²) in [6, 6.07) is 5.88. The van der Waals surface area contributed by atoms with Gasteiger partial charge in [-0.05, 0) is 31.7 Å². The summed E-state index contributed by atoms with van der Waals surface area (Å²) in [5.74, 6) is -0.238. The van der Waals surface area contributed by atoms with E-state index in [0.717, 1.165) is 18.9 Å². The zero-order valence-corrected chi connectivity index (χ0v) is 12.4. The lowest BCUT2D eigenvalue weighted by molar-refractivity contribution is -0.384. The molecule has 116 valence electrons. The van der Waals surface area contributed by atoms with Crippen molar-refractivity contribution < 1.29 is 14.5 Å². The highest BCUT2D eigenvalue weighted by atomic mass is 35.5. The normalized spacial score (nSPS) is 15.8. The molecule has 0 bridgehead atoms. The van der Waals surface area contributed by atoms with E-state index < -0.39 is 16.4 Å². The molecule has 0 atom stereocenters. The van der Waals surface area contributed by atoms with Gasteiger partial charge in [-0.1, -0.05) is 11.6 Å². The molecule has 1 saturated carbocycles. The monoisotopic (exact) mass is 323 g/mol. The van der Waals surface area contributed by atoms with Crippen LogP contribution in [0.3, 0.4) is 0 Å². The highest BCUT2D eigenvalue weighted by Crippen LogP contribution is 2.30. The number of carbonyl (C=O) groups excluding carboxylic acids is 1. The number of nitro benzene ring substituents is 1. The summed E-state index contributed by atoms with van der Waals surface area (Å²) in [4.78, 5) is 21.9. The van der Waals surface area contributed by atoms with E-state index in [2.05, 4.69) is 11.4 Å². The van der Waals surface area contributed by atoms with Gasteiger partial charge in [0, 0.05) is 12.1 Å². The van der Waals surface area contributed by atoms with Crippen LogP contribution in [0.15, 0.2) is 18.2 Å². The number of nitrogens with one attached hydrogen (secondary N) is 1. The Hall–Kier alpha value is -2.33. The standard InChI is InChI=1S/C14H14ClN3O4/c15-11-7-10(18(20)21)3-4-12(11)22-8-13(19)17-14(9-16)5-1-2-6-14/h3-4,7H,1-2,5-6,8H2,(H,17,19). The van der Waals surface area contributed by atoms with Gasteiger partial charge in [0.25, 0.3) is 11.6 Å². The molecule has 1 N–H and O–H groups in total. The quantitative estimate of drug-likeness (QED) is 0.662. The predicted molar refractivity (Wildman–Crippen MR) is 78.6 cm³/mol. The summed E-state index contributed by atoms with van der Waals surface area (Å²) in [6.07, 6.45) is 3.08. The minimum atomic E-state index is -0.806. The lowest BCUT2D eigenvalue weighted by Gasteiger charge is -2.21. The zero-order chi connectivity index (χ0) is 16.2. The van der Waals surface area contributed by atoms with E-state index in [0.29, 0.717) is 12.8 Å². The summed E-state index contributed by atoms with van der Waals surface area (Å²) in [6.45, 7) is -0.305. The average molecular weight is 324 g/mol. The van der Waals surface area contributed by atoms with Crippen molar-refractivity contribution in [3.8, 4) is 11.8 Å². The minimum Gasteiger partial charge on any atom is -0.482 e. The number of hydrogen-bond donors (Lipinski definition) is 1. The van der Waals surface area contributed by atoms with Gasteiger partial charge < -0.3 is 10.1 Å². The van der Waals surface area contributed by atoms with E-state index in [9.17, 15) is 20.2 Å². The molecule has 1 aliphatic carbocycles. The molecule has 7 nitrogen and oxygen atoms in total. The Bertz CT molecular complexity index is 635. The number of hydrogen-bond acceptors (Lipinski definition) is 5. The van der Waals surface area contributed by atoms with Gasteiger partial charge in [-0.25, -0.2) is 0 Å². The fourth-order valence-corrected chi connectivity index (χ4v) is 2.64. The molecule has 0 unspecified atom stereocenters. The highest BCUT2D eigenvalue weighted by molar-refractivity contribution is 6.32. The lowest BCUT2D eigenvalue weighted by Crippen LogP contribution is -2.47. The largest absolute Gasteiger partial charge is 0.482 e. The third-order valence-electron chi connectivity index (χ3n) is 3.53. The molecule has 1 amide bonds. The first kappa shape index (κ1) is 16.0. The van der Waals surface area contributed by atoms with Crippen LogP contribution in [0.2, 0.25) is 5.02 Å². The number of non-ortho nitro benzene ring substituents is 1. The van der Waals surface area contributed by atoms with Crippen molar-refractivity contribution in [1.82, 2.24) is 5.32 Å². The molecule has 0 radical (unpaired) electrons. The lowest BCUT2D eigenvalue weighted by atomic mass is 10.00. The van der Waals surface area contributed by atoms with Gasteiger partial charge in [0.2, 0.25) is 0 Å². The maximum Gasteiger partial charge on any atom is 0.271 e. The van der Waals surface area contributed by atoms with E-state index in [-0.39, 0.29) is 23.1 Å². The third kappa shape index (κ3) is 3.65. The minimum absolute atomic E-state index is 0.0536. The first-order valence-electron chi connectivity index (χ1n) is 6.75. The number of nitro groups is 1. The zero-order valence-electron chi connectivity index (χ0n) is 11.7. The third-order valence-corrected chi connectivity index (χ3v) is 3.83. The maximum absolute atomic E-state index is 11.9. The van der Waals surface area contributed by atoms with Crippen molar-refractivity contribution in [3.63, 3.8) is 0 Å². The highest BCUT2D eigenvalue weighted by Gasteiger charge is 2.35. The van der Waals surface area contributed by atoms with Crippen LogP contribution in [-0.2, 0) is 4.79 Å². The van der Waals surface area contributed by atoms with Gasteiger partial charge in [0.1, 0.15) is 11.3 Å². The summed E-state index contributed by atoms with van der Waals surface area (Å²) >= 11 is 5.87. The summed E-state index contributed by atoms with van der Waals surface area (Å²) in [5.41, 5.74) is -0.962. The van der Waals surface area contributed by atoms with Gasteiger partial charge in [0.15, 0.2) is 6.61 Å². The molecule has 0 aromatic heterocycles. The van der Waals surface area contributed by atoms with E-state index >= 15 is 0 Å². The molecule has 22 heavy (non-hydrogen) atoms. The van der Waals surface area contributed by atoms with Crippen molar-refractivity contribution >= 4 is 23.2 Å². The number of halogens is 1. The van der Waals surface area contributed by atoms with Crippen LogP contribution in [-0.4, -0.2) is 23.0 Å².